The number of hydrogen-bond acceptors (Lipinski definition) is 2. The van der Waals surface area contributed by atoms with Crippen LogP contribution in [0.5, 0.6) is 0 Å². The van der Waals surface area contributed by atoms with Crippen LogP contribution >= 0.6 is 12.4 Å². The van der Waals surface area contributed by atoms with Gasteiger partial charge in [0.2, 0.25) is 0 Å². The van der Waals surface area contributed by atoms with Gasteiger partial charge in [-0.15, -0.1) is 12.4 Å². The maximum atomic E-state index is 10.8. The molecule has 0 radical (unpaired) electrons. The molecule has 1 atom stereocenters. The SMILES string of the molecule is Cl.O=CC1CCCN(Cc2ccccc2)CC1. The van der Waals surface area contributed by atoms with Gasteiger partial charge in [0.05, 0.1) is 0 Å². The molecule has 0 aliphatic carbocycles. The highest BCUT2D eigenvalue weighted by molar-refractivity contribution is 5.85. The molecule has 1 saturated heterocycles. The molecule has 0 spiro atoms. The third kappa shape index (κ3) is 4.49. The number of rotatable bonds is 3. The van der Waals surface area contributed by atoms with Gasteiger partial charge in [-0.2, -0.15) is 0 Å². The molecule has 2 rings (SSSR count). The Morgan fingerprint density at radius 2 is 1.94 bits per heavy atom. The summed E-state index contributed by atoms with van der Waals surface area (Å²) in [4.78, 5) is 13.2. The molecule has 0 saturated carbocycles. The van der Waals surface area contributed by atoms with Crippen molar-refractivity contribution in [2.24, 2.45) is 5.92 Å². The van der Waals surface area contributed by atoms with Crippen molar-refractivity contribution in [2.75, 3.05) is 13.1 Å². The smallest absolute Gasteiger partial charge is 0.123 e. The molecular formula is C14H20ClNO. The molecule has 94 valence electrons. The highest BCUT2D eigenvalue weighted by Crippen LogP contribution is 2.17. The standard InChI is InChI=1S/C14H19NO.ClH/c16-12-14-7-4-9-15(10-8-14)11-13-5-2-1-3-6-13;/h1-3,5-6,12,14H,4,7-11H2;1H. The van der Waals surface area contributed by atoms with Crippen LogP contribution in [0.3, 0.4) is 0 Å². The molecular weight excluding hydrogens is 234 g/mol. The summed E-state index contributed by atoms with van der Waals surface area (Å²) in [6, 6.07) is 10.6. The molecule has 1 aromatic rings. The van der Waals surface area contributed by atoms with Crippen molar-refractivity contribution < 1.29 is 4.79 Å². The van der Waals surface area contributed by atoms with Gasteiger partial charge in [0.15, 0.2) is 0 Å². The first-order chi connectivity index (χ1) is 7.88. The van der Waals surface area contributed by atoms with Gasteiger partial charge in [-0.1, -0.05) is 30.3 Å². The van der Waals surface area contributed by atoms with Gasteiger partial charge < -0.3 is 4.79 Å². The Morgan fingerprint density at radius 3 is 2.65 bits per heavy atom. The first-order valence-corrected chi connectivity index (χ1v) is 6.10. The zero-order valence-corrected chi connectivity index (χ0v) is 10.9. The van der Waals surface area contributed by atoms with E-state index in [0.717, 1.165) is 45.2 Å². The summed E-state index contributed by atoms with van der Waals surface area (Å²) in [5, 5.41) is 0. The van der Waals surface area contributed by atoms with Crippen LogP contribution in [-0.2, 0) is 11.3 Å². The molecule has 0 aromatic heterocycles. The van der Waals surface area contributed by atoms with Crippen molar-refractivity contribution in [1.82, 2.24) is 4.90 Å². The molecule has 2 nitrogen and oxygen atoms in total. The van der Waals surface area contributed by atoms with Gasteiger partial charge in [0, 0.05) is 12.5 Å². The van der Waals surface area contributed by atoms with Gasteiger partial charge in [0.25, 0.3) is 0 Å². The van der Waals surface area contributed by atoms with Crippen LogP contribution in [0.2, 0.25) is 0 Å². The number of likely N-dealkylation sites (tertiary alicyclic amines) is 1. The summed E-state index contributed by atoms with van der Waals surface area (Å²) >= 11 is 0. The molecule has 17 heavy (non-hydrogen) atoms. The molecule has 0 bridgehead atoms. The second-order valence-corrected chi connectivity index (χ2v) is 4.59. The van der Waals surface area contributed by atoms with E-state index in [-0.39, 0.29) is 12.4 Å². The number of benzene rings is 1. The lowest BCUT2D eigenvalue weighted by Gasteiger charge is -2.19. The van der Waals surface area contributed by atoms with Gasteiger partial charge in [-0.3, -0.25) is 4.90 Å². The summed E-state index contributed by atoms with van der Waals surface area (Å²) < 4.78 is 0. The maximum Gasteiger partial charge on any atom is 0.123 e. The molecule has 1 heterocycles. The predicted octanol–water partition coefficient (Wildman–Crippen LogP) is 2.91. The second-order valence-electron chi connectivity index (χ2n) is 4.59. The minimum absolute atomic E-state index is 0. The average molecular weight is 254 g/mol. The summed E-state index contributed by atoms with van der Waals surface area (Å²) in [5.41, 5.74) is 1.37. The Balaban J connectivity index is 0.00000144. The first kappa shape index (κ1) is 14.2. The molecule has 0 N–H and O–H groups in total. The topological polar surface area (TPSA) is 20.3 Å². The molecule has 1 aliphatic heterocycles. The number of aldehydes is 1. The lowest BCUT2D eigenvalue weighted by atomic mass is 10.0. The van der Waals surface area contributed by atoms with Gasteiger partial charge in [-0.05, 0) is 37.9 Å². The Hall–Kier alpha value is -0.860. The highest BCUT2D eigenvalue weighted by atomic mass is 35.5. The van der Waals surface area contributed by atoms with Crippen LogP contribution in [0.4, 0.5) is 0 Å². The Bertz CT molecular complexity index is 328. The zero-order valence-electron chi connectivity index (χ0n) is 10.0. The van der Waals surface area contributed by atoms with Gasteiger partial charge in [0.1, 0.15) is 6.29 Å². The van der Waals surface area contributed by atoms with Crippen LogP contribution in [0.25, 0.3) is 0 Å². The fourth-order valence-electron chi connectivity index (χ4n) is 2.32. The fourth-order valence-corrected chi connectivity index (χ4v) is 2.32. The van der Waals surface area contributed by atoms with E-state index in [1.165, 1.54) is 5.56 Å². The summed E-state index contributed by atoms with van der Waals surface area (Å²) in [6.07, 6.45) is 4.37. The van der Waals surface area contributed by atoms with Crippen LogP contribution in [0.1, 0.15) is 24.8 Å². The Morgan fingerprint density at radius 1 is 1.18 bits per heavy atom. The van der Waals surface area contributed by atoms with Crippen molar-refractivity contribution in [2.45, 2.75) is 25.8 Å². The zero-order chi connectivity index (χ0) is 11.2. The summed E-state index contributed by atoms with van der Waals surface area (Å²) in [6.45, 7) is 3.20. The largest absolute Gasteiger partial charge is 0.303 e. The molecule has 1 aromatic carbocycles. The van der Waals surface area contributed by atoms with Crippen LogP contribution in [0.15, 0.2) is 30.3 Å². The number of carbonyl (C=O) groups excluding carboxylic acids is 1. The predicted molar refractivity (Wildman–Crippen MR) is 72.4 cm³/mol. The number of nitrogens with zero attached hydrogens (tertiary/aromatic N) is 1. The van der Waals surface area contributed by atoms with Crippen molar-refractivity contribution in [3.8, 4) is 0 Å². The summed E-state index contributed by atoms with van der Waals surface area (Å²) in [5.74, 6) is 0.292. The van der Waals surface area contributed by atoms with Gasteiger partial charge in [-0.25, -0.2) is 0 Å². The number of hydrogen-bond donors (Lipinski definition) is 0. The number of carbonyl (C=O) groups is 1. The van der Waals surface area contributed by atoms with E-state index in [1.54, 1.807) is 0 Å². The van der Waals surface area contributed by atoms with Crippen molar-refractivity contribution in [3.05, 3.63) is 35.9 Å². The van der Waals surface area contributed by atoms with E-state index in [2.05, 4.69) is 29.2 Å². The van der Waals surface area contributed by atoms with Gasteiger partial charge >= 0.3 is 0 Å². The van der Waals surface area contributed by atoms with E-state index >= 15 is 0 Å². The lowest BCUT2D eigenvalue weighted by Crippen LogP contribution is -2.24. The van der Waals surface area contributed by atoms with E-state index in [4.69, 9.17) is 0 Å². The van der Waals surface area contributed by atoms with Crippen LogP contribution in [0, 0.1) is 5.92 Å². The molecule has 3 heteroatoms. The third-order valence-electron chi connectivity index (χ3n) is 3.31. The number of halogens is 1. The normalized spacial score (nSPS) is 21.3. The Labute approximate surface area is 109 Å². The molecule has 0 amide bonds. The molecule has 1 fully saturated rings. The fraction of sp³-hybridized carbons (Fsp3) is 0.500. The minimum atomic E-state index is 0. The Kier molecular flexibility index (Phi) is 6.23. The van der Waals surface area contributed by atoms with Crippen molar-refractivity contribution >= 4 is 18.7 Å². The lowest BCUT2D eigenvalue weighted by molar-refractivity contribution is -0.111. The van der Waals surface area contributed by atoms with Crippen molar-refractivity contribution in [1.29, 1.82) is 0 Å². The van der Waals surface area contributed by atoms with Crippen LogP contribution < -0.4 is 0 Å². The van der Waals surface area contributed by atoms with E-state index in [1.807, 2.05) is 6.07 Å². The molecule has 1 aliphatic rings. The quantitative estimate of drug-likeness (QED) is 0.772. The average Bonchev–Trinajstić information content (AvgIpc) is 2.56. The first-order valence-electron chi connectivity index (χ1n) is 6.10. The summed E-state index contributed by atoms with van der Waals surface area (Å²) in [7, 11) is 0. The van der Waals surface area contributed by atoms with E-state index < -0.39 is 0 Å². The van der Waals surface area contributed by atoms with E-state index in [0.29, 0.717) is 5.92 Å². The van der Waals surface area contributed by atoms with E-state index in [9.17, 15) is 4.79 Å². The van der Waals surface area contributed by atoms with Crippen molar-refractivity contribution in [3.63, 3.8) is 0 Å². The minimum Gasteiger partial charge on any atom is -0.303 e. The monoisotopic (exact) mass is 253 g/mol. The second kappa shape index (κ2) is 7.46. The van der Waals surface area contributed by atoms with Crippen LogP contribution in [-0.4, -0.2) is 24.3 Å². The highest BCUT2D eigenvalue weighted by Gasteiger charge is 2.16. The third-order valence-corrected chi connectivity index (χ3v) is 3.31. The maximum absolute atomic E-state index is 10.8. The molecule has 1 unspecified atom stereocenters.